The quantitative estimate of drug-likeness (QED) is 0.196. The zero-order valence-electron chi connectivity index (χ0n) is 17.9. The normalized spacial score (nSPS) is 14.5. The third-order valence-corrected chi connectivity index (χ3v) is 6.73. The van der Waals surface area contributed by atoms with E-state index in [1.165, 1.54) is 44.5 Å². The summed E-state index contributed by atoms with van der Waals surface area (Å²) in [4.78, 5) is 4.53. The molecule has 0 bridgehead atoms. The average Bonchev–Trinajstić information content (AvgIpc) is 3.30. The fourth-order valence-corrected chi connectivity index (χ4v) is 5.38. The van der Waals surface area contributed by atoms with Gasteiger partial charge in [0.15, 0.2) is 0 Å². The Morgan fingerprint density at radius 3 is 2.06 bits per heavy atom. The summed E-state index contributed by atoms with van der Waals surface area (Å²) in [7, 11) is 9.78. The monoisotopic (exact) mass is 635 g/mol. The average molecular weight is 636 g/mol. The Morgan fingerprint density at radius 2 is 1.47 bits per heavy atom. The summed E-state index contributed by atoms with van der Waals surface area (Å²) in [5.74, 6) is 0. The first-order valence-corrected chi connectivity index (χ1v) is 16.5. The number of aryl methyl sites for hydroxylation is 2. The second-order valence-corrected chi connectivity index (χ2v) is 12.2. The molecule has 0 aliphatic heterocycles. The number of fused-ring (bicyclic) bond motifs is 6. The van der Waals surface area contributed by atoms with E-state index in [1.54, 1.807) is 0 Å². The van der Waals surface area contributed by atoms with Crippen molar-refractivity contribution in [2.24, 2.45) is 0 Å². The summed E-state index contributed by atoms with van der Waals surface area (Å²) in [5, 5.41) is 0. The van der Waals surface area contributed by atoms with Gasteiger partial charge < -0.3 is 4.98 Å². The van der Waals surface area contributed by atoms with E-state index in [0.29, 0.717) is 0 Å². The molecule has 2 aliphatic rings. The van der Waals surface area contributed by atoms with Crippen LogP contribution in [0.15, 0.2) is 72.9 Å². The van der Waals surface area contributed by atoms with Gasteiger partial charge in [-0.15, -0.1) is 34.9 Å². The van der Waals surface area contributed by atoms with Crippen molar-refractivity contribution in [1.82, 2.24) is 4.98 Å². The summed E-state index contributed by atoms with van der Waals surface area (Å²) >= 11 is -0.556. The van der Waals surface area contributed by atoms with Gasteiger partial charge in [-0.3, -0.25) is 0 Å². The van der Waals surface area contributed by atoms with Gasteiger partial charge in [-0.05, 0) is 60.7 Å². The number of hydrogen-bond donors (Lipinski definition) is 0. The van der Waals surface area contributed by atoms with Crippen molar-refractivity contribution in [1.29, 1.82) is 0 Å². The van der Waals surface area contributed by atoms with Gasteiger partial charge in [-0.2, -0.15) is 0 Å². The standard InChI is InChI=1S/C28H22N.2ClH.Ir/c1-18-6-10-23-24-11-7-19(2)14-26(24)28(25(23)13-18)16-21-9-8-20(15-22(21)17-28)27-5-3-4-12-29-27;;;/h3-7,9-15H,16-17H2,1-2H3;2*1H;/q-1;;;+3/p-2. The minimum absolute atomic E-state index is 0.0433. The Bertz CT molecular complexity index is 1250. The molecular weight excluding hydrogens is 613 g/mol. The van der Waals surface area contributed by atoms with Gasteiger partial charge in [0, 0.05) is 11.6 Å². The van der Waals surface area contributed by atoms with Crippen molar-refractivity contribution in [3.05, 3.63) is 112 Å². The molecule has 162 valence electrons. The van der Waals surface area contributed by atoms with E-state index in [0.717, 1.165) is 24.1 Å². The molecule has 0 saturated carbocycles. The molecule has 0 fully saturated rings. The number of benzene rings is 3. The summed E-state index contributed by atoms with van der Waals surface area (Å²) < 4.78 is 0. The van der Waals surface area contributed by atoms with Gasteiger partial charge in [0.25, 0.3) is 0 Å². The summed E-state index contributed by atoms with van der Waals surface area (Å²) in [6.07, 6.45) is 3.95. The molecule has 1 heterocycles. The van der Waals surface area contributed by atoms with Crippen LogP contribution in [0.1, 0.15) is 33.4 Å². The zero-order chi connectivity index (χ0) is 22.3. The van der Waals surface area contributed by atoms with Crippen LogP contribution in [0, 0.1) is 19.9 Å². The first-order chi connectivity index (χ1) is 15.6. The van der Waals surface area contributed by atoms with Crippen LogP contribution in [0.5, 0.6) is 0 Å². The van der Waals surface area contributed by atoms with Crippen LogP contribution in [-0.4, -0.2) is 4.98 Å². The number of aromatic nitrogens is 1. The molecule has 0 radical (unpaired) electrons. The van der Waals surface area contributed by atoms with Crippen molar-refractivity contribution in [2.75, 3.05) is 0 Å². The first kappa shape index (κ1) is 21.9. The maximum atomic E-state index is 4.89. The molecule has 1 nitrogen and oxygen atoms in total. The number of nitrogens with zero attached hydrogens (tertiary/aromatic N) is 1. The fraction of sp³-hybridized carbons (Fsp3) is 0.179. The van der Waals surface area contributed by atoms with Crippen LogP contribution in [-0.2, 0) is 33.9 Å². The number of rotatable bonds is 1. The van der Waals surface area contributed by atoms with Crippen molar-refractivity contribution < 1.29 is 15.7 Å². The van der Waals surface area contributed by atoms with E-state index in [-0.39, 0.29) is 5.41 Å². The Kier molecular flexibility index (Phi) is 5.99. The first-order valence-electron chi connectivity index (χ1n) is 10.6. The molecular formula is C28H22Cl2IrN. The Balaban J connectivity index is 0.000000684. The van der Waals surface area contributed by atoms with Crippen LogP contribution in [0.2, 0.25) is 0 Å². The topological polar surface area (TPSA) is 12.9 Å². The van der Waals surface area contributed by atoms with E-state index in [2.05, 4.69) is 79.5 Å². The summed E-state index contributed by atoms with van der Waals surface area (Å²) in [6.45, 7) is 4.41. The zero-order valence-corrected chi connectivity index (χ0v) is 21.8. The molecule has 4 aromatic rings. The molecule has 4 heteroatoms. The third kappa shape index (κ3) is 3.64. The van der Waals surface area contributed by atoms with Crippen molar-refractivity contribution in [3.63, 3.8) is 0 Å². The van der Waals surface area contributed by atoms with Crippen LogP contribution in [0.4, 0.5) is 0 Å². The molecule has 0 atom stereocenters. The number of hydrogen-bond acceptors (Lipinski definition) is 1. The molecule has 0 N–H and O–H groups in total. The number of halogens is 2. The van der Waals surface area contributed by atoms with Crippen molar-refractivity contribution in [3.8, 4) is 22.4 Å². The molecule has 0 saturated heterocycles. The minimum atomic E-state index is -0.556. The van der Waals surface area contributed by atoms with E-state index >= 15 is 0 Å². The van der Waals surface area contributed by atoms with Gasteiger partial charge >= 0.3 is 34.8 Å². The maximum absolute atomic E-state index is 4.89. The molecule has 1 aromatic heterocycles. The molecule has 0 amide bonds. The summed E-state index contributed by atoms with van der Waals surface area (Å²) in [5.41, 5.74) is 13.5. The third-order valence-electron chi connectivity index (χ3n) is 6.73. The second kappa shape index (κ2) is 8.76. The van der Waals surface area contributed by atoms with Crippen LogP contribution in [0.3, 0.4) is 0 Å². The fourth-order valence-electron chi connectivity index (χ4n) is 5.38. The van der Waals surface area contributed by atoms with E-state index in [4.69, 9.17) is 19.2 Å². The number of pyridine rings is 1. The van der Waals surface area contributed by atoms with Gasteiger partial charge in [0.05, 0.1) is 0 Å². The molecule has 6 rings (SSSR count). The predicted molar refractivity (Wildman–Crippen MR) is 130 cm³/mol. The molecule has 0 unspecified atom stereocenters. The SMILES string of the molecule is Cc1ccc2c(c1)C1(Cc3c[c-]c(-c4ccccn4)cc3C1)c1cc(C)ccc1-2.[Cl][Ir+][Cl]. The van der Waals surface area contributed by atoms with Gasteiger partial charge in [-0.25, -0.2) is 0 Å². The predicted octanol–water partition coefficient (Wildman–Crippen LogP) is 7.61. The molecule has 2 aliphatic carbocycles. The van der Waals surface area contributed by atoms with E-state index in [1.807, 2.05) is 18.3 Å². The van der Waals surface area contributed by atoms with Crippen molar-refractivity contribution >= 4 is 19.2 Å². The van der Waals surface area contributed by atoms with Crippen LogP contribution >= 0.6 is 19.2 Å². The molecule has 1 spiro atoms. The van der Waals surface area contributed by atoms with Crippen molar-refractivity contribution in [2.45, 2.75) is 32.1 Å². The van der Waals surface area contributed by atoms with Gasteiger partial charge in [0.1, 0.15) is 0 Å². The Labute approximate surface area is 205 Å². The summed E-state index contributed by atoms with van der Waals surface area (Å²) in [6, 6.07) is 28.1. The Hall–Kier alpha value is -1.96. The Morgan fingerprint density at radius 1 is 0.844 bits per heavy atom. The van der Waals surface area contributed by atoms with Gasteiger partial charge in [0.2, 0.25) is 0 Å². The molecule has 32 heavy (non-hydrogen) atoms. The van der Waals surface area contributed by atoms with Crippen LogP contribution < -0.4 is 0 Å². The van der Waals surface area contributed by atoms with Crippen LogP contribution in [0.25, 0.3) is 22.4 Å². The van der Waals surface area contributed by atoms with E-state index < -0.39 is 15.7 Å². The van der Waals surface area contributed by atoms with Gasteiger partial charge in [-0.1, -0.05) is 59.7 Å². The molecule has 3 aromatic carbocycles. The second-order valence-electron chi connectivity index (χ2n) is 8.69. The van der Waals surface area contributed by atoms with E-state index in [9.17, 15) is 0 Å².